The number of hydrogen-bond donors (Lipinski definition) is 2. The Morgan fingerprint density at radius 2 is 1.61 bits per heavy atom. The topological polar surface area (TPSA) is 121 Å². The highest BCUT2D eigenvalue weighted by Crippen LogP contribution is 2.30. The van der Waals surface area contributed by atoms with Gasteiger partial charge in [-0.1, -0.05) is 6.07 Å². The van der Waals surface area contributed by atoms with Gasteiger partial charge < -0.3 is 24.4 Å². The van der Waals surface area contributed by atoms with Crippen LogP contribution in [0.5, 0.6) is 0 Å². The maximum absolute atomic E-state index is 13.5. The van der Waals surface area contributed by atoms with Crippen LogP contribution in [0.1, 0.15) is 18.4 Å². The Kier molecular flexibility index (Phi) is 10.8. The first-order chi connectivity index (χ1) is 15.9. The quantitative estimate of drug-likeness (QED) is 0.625. The molecule has 0 amide bonds. The fourth-order valence-corrected chi connectivity index (χ4v) is 4.04. The third-order valence-electron chi connectivity index (χ3n) is 5.63. The lowest BCUT2D eigenvalue weighted by molar-refractivity contribution is -0.137. The molecule has 0 saturated carbocycles. The minimum absolute atomic E-state index is 0.121. The summed E-state index contributed by atoms with van der Waals surface area (Å²) in [6, 6.07) is 4.16. The second-order valence-electron chi connectivity index (χ2n) is 7.74. The van der Waals surface area contributed by atoms with Gasteiger partial charge >= 0.3 is 0 Å². The number of carbonyl (C=O) groups is 2. The van der Waals surface area contributed by atoms with Crippen LogP contribution >= 0.6 is 0 Å². The zero-order chi connectivity index (χ0) is 24.1. The summed E-state index contributed by atoms with van der Waals surface area (Å²) in [4.78, 5) is 21.5. The summed E-state index contributed by atoms with van der Waals surface area (Å²) in [7, 11) is 0. The number of morpholine rings is 1. The van der Waals surface area contributed by atoms with E-state index in [1.807, 2.05) is 4.57 Å². The Bertz CT molecular complexity index is 842. The number of nitrogens with zero attached hydrogens (tertiary/aromatic N) is 5. The molecule has 0 unspecified atom stereocenters. The van der Waals surface area contributed by atoms with Gasteiger partial charge in [-0.3, -0.25) is 14.5 Å². The van der Waals surface area contributed by atoms with Crippen LogP contribution in [0.2, 0.25) is 0 Å². The molecule has 2 fully saturated rings. The minimum atomic E-state index is -0.795. The highest BCUT2D eigenvalue weighted by Gasteiger charge is 2.39. The van der Waals surface area contributed by atoms with E-state index in [2.05, 4.69) is 20.0 Å². The summed E-state index contributed by atoms with van der Waals surface area (Å²) in [5.41, 5.74) is 0.682. The Labute approximate surface area is 190 Å². The molecule has 1 spiro atoms. The number of halogens is 2. The summed E-state index contributed by atoms with van der Waals surface area (Å²) in [5.74, 6) is -1.58. The van der Waals surface area contributed by atoms with Crippen molar-refractivity contribution >= 4 is 12.9 Å². The van der Waals surface area contributed by atoms with Gasteiger partial charge in [-0.2, -0.15) is 0 Å². The van der Waals surface area contributed by atoms with Gasteiger partial charge in [0.1, 0.15) is 12.7 Å². The molecule has 0 radical (unpaired) electrons. The van der Waals surface area contributed by atoms with Crippen molar-refractivity contribution in [3.8, 4) is 0 Å². The Hall–Kier alpha value is -2.96. The van der Waals surface area contributed by atoms with Gasteiger partial charge in [0.15, 0.2) is 11.6 Å². The summed E-state index contributed by atoms with van der Waals surface area (Å²) >= 11 is 0. The maximum atomic E-state index is 13.5. The highest BCUT2D eigenvalue weighted by atomic mass is 19.2. The maximum Gasteiger partial charge on any atom is 0.290 e. The van der Waals surface area contributed by atoms with Crippen molar-refractivity contribution in [3.63, 3.8) is 0 Å². The first-order valence-electron chi connectivity index (χ1n) is 10.5. The average Bonchev–Trinajstić information content (AvgIpc) is 3.31. The number of aromatic nitrogens is 3. The van der Waals surface area contributed by atoms with Crippen molar-refractivity contribution < 1.29 is 33.3 Å². The van der Waals surface area contributed by atoms with E-state index in [-0.39, 0.29) is 18.5 Å². The van der Waals surface area contributed by atoms with E-state index in [9.17, 15) is 8.78 Å². The number of hydrogen-bond acceptors (Lipinski definition) is 7. The molecular formula is C21H29F2N5O5. The molecule has 0 aliphatic carbocycles. The first-order valence-corrected chi connectivity index (χ1v) is 10.5. The SMILES string of the molecule is Fc1ccc(CN2CCOC3(CCN(CCn4cnnc4)CC3)C2)cc1F.O=CO.O=CO. The molecule has 2 aliphatic rings. The number of piperidine rings is 1. The van der Waals surface area contributed by atoms with E-state index >= 15 is 0 Å². The molecule has 12 heteroatoms. The van der Waals surface area contributed by atoms with Gasteiger partial charge in [0.2, 0.25) is 0 Å². The smallest absolute Gasteiger partial charge is 0.290 e. The number of carboxylic acid groups (broad SMARTS) is 2. The minimum Gasteiger partial charge on any atom is -0.483 e. The fourth-order valence-electron chi connectivity index (χ4n) is 4.04. The van der Waals surface area contributed by atoms with Crippen LogP contribution in [0.15, 0.2) is 30.9 Å². The molecule has 4 rings (SSSR count). The van der Waals surface area contributed by atoms with E-state index in [4.69, 9.17) is 24.5 Å². The molecule has 1 aromatic heterocycles. The molecule has 0 bridgehead atoms. The van der Waals surface area contributed by atoms with Crippen molar-refractivity contribution in [1.82, 2.24) is 24.6 Å². The normalized spacial score (nSPS) is 17.9. The van der Waals surface area contributed by atoms with Crippen LogP contribution in [0.25, 0.3) is 0 Å². The van der Waals surface area contributed by atoms with Gasteiger partial charge in [0, 0.05) is 45.8 Å². The van der Waals surface area contributed by atoms with Crippen LogP contribution in [0.3, 0.4) is 0 Å². The molecule has 2 N–H and O–H groups in total. The predicted octanol–water partition coefficient (Wildman–Crippen LogP) is 1.32. The van der Waals surface area contributed by atoms with E-state index in [1.54, 1.807) is 18.7 Å². The van der Waals surface area contributed by atoms with Crippen LogP contribution in [0.4, 0.5) is 8.78 Å². The molecule has 2 saturated heterocycles. The summed E-state index contributed by atoms with van der Waals surface area (Å²) in [5, 5.41) is 21.4. The molecule has 10 nitrogen and oxygen atoms in total. The van der Waals surface area contributed by atoms with E-state index in [1.165, 1.54) is 12.1 Å². The molecular weight excluding hydrogens is 440 g/mol. The van der Waals surface area contributed by atoms with Crippen molar-refractivity contribution in [3.05, 3.63) is 48.1 Å². The molecule has 33 heavy (non-hydrogen) atoms. The van der Waals surface area contributed by atoms with Crippen LogP contribution in [-0.2, 0) is 27.4 Å². The Morgan fingerprint density at radius 3 is 2.21 bits per heavy atom. The van der Waals surface area contributed by atoms with Crippen LogP contribution < -0.4 is 0 Å². The van der Waals surface area contributed by atoms with Gasteiger partial charge in [-0.15, -0.1) is 10.2 Å². The lowest BCUT2D eigenvalue weighted by atomic mass is 9.89. The number of benzene rings is 1. The van der Waals surface area contributed by atoms with Crippen molar-refractivity contribution in [2.45, 2.75) is 31.5 Å². The van der Waals surface area contributed by atoms with Crippen LogP contribution in [0, 0.1) is 11.6 Å². The molecule has 1 aromatic carbocycles. The van der Waals surface area contributed by atoms with Crippen molar-refractivity contribution in [2.24, 2.45) is 0 Å². The zero-order valence-electron chi connectivity index (χ0n) is 18.2. The van der Waals surface area contributed by atoms with E-state index < -0.39 is 11.6 Å². The van der Waals surface area contributed by atoms with Gasteiger partial charge in [0.05, 0.1) is 12.2 Å². The monoisotopic (exact) mass is 469 g/mol. The Morgan fingerprint density at radius 1 is 0.970 bits per heavy atom. The molecule has 2 aliphatic heterocycles. The third-order valence-corrected chi connectivity index (χ3v) is 5.63. The number of likely N-dealkylation sites (tertiary alicyclic amines) is 1. The summed E-state index contributed by atoms with van der Waals surface area (Å²) in [6.07, 6.45) is 5.46. The largest absolute Gasteiger partial charge is 0.483 e. The second kappa shape index (κ2) is 13.6. The number of rotatable bonds is 5. The van der Waals surface area contributed by atoms with Gasteiger partial charge in [-0.05, 0) is 30.5 Å². The molecule has 182 valence electrons. The zero-order valence-corrected chi connectivity index (χ0v) is 18.2. The fraction of sp³-hybridized carbons (Fsp3) is 0.524. The standard InChI is InChI=1S/C19H25F2N5O.2CH2O2/c20-17-2-1-16(11-18(17)21)12-25-9-10-27-19(13-25)3-5-24(6-4-19)7-8-26-14-22-23-15-26;2*2-1-3/h1-2,11,14-15H,3-10,12-13H2;2*1H,(H,2,3). The lowest BCUT2D eigenvalue weighted by Gasteiger charge is -2.47. The summed E-state index contributed by atoms with van der Waals surface area (Å²) < 4.78 is 34.8. The second-order valence-corrected chi connectivity index (χ2v) is 7.74. The average molecular weight is 469 g/mol. The van der Waals surface area contributed by atoms with E-state index in [0.29, 0.717) is 13.2 Å². The van der Waals surface area contributed by atoms with Gasteiger partial charge in [-0.25, -0.2) is 8.78 Å². The van der Waals surface area contributed by atoms with Crippen LogP contribution in [-0.4, -0.2) is 92.7 Å². The third kappa shape index (κ3) is 8.48. The summed E-state index contributed by atoms with van der Waals surface area (Å²) in [6.45, 7) is 6.34. The number of ether oxygens (including phenoxy) is 1. The molecule has 2 aromatic rings. The van der Waals surface area contributed by atoms with E-state index in [0.717, 1.165) is 57.7 Å². The molecule has 3 heterocycles. The molecule has 0 atom stereocenters. The Balaban J connectivity index is 0.000000582. The first kappa shape index (κ1) is 26.3. The predicted molar refractivity (Wildman–Crippen MR) is 113 cm³/mol. The highest BCUT2D eigenvalue weighted by molar-refractivity contribution is 5.33. The lowest BCUT2D eigenvalue weighted by Crippen LogP contribution is -2.56. The van der Waals surface area contributed by atoms with Gasteiger partial charge in [0.25, 0.3) is 12.9 Å². The van der Waals surface area contributed by atoms with Crippen molar-refractivity contribution in [1.29, 1.82) is 0 Å². The van der Waals surface area contributed by atoms with Crippen molar-refractivity contribution in [2.75, 3.05) is 39.3 Å².